The van der Waals surface area contributed by atoms with Gasteiger partial charge in [-0.05, 0) is 50.5 Å². The first-order valence-corrected chi connectivity index (χ1v) is 11.7. The van der Waals surface area contributed by atoms with Crippen LogP contribution in [-0.2, 0) is 9.53 Å². The van der Waals surface area contributed by atoms with Crippen LogP contribution in [0.15, 0.2) is 0 Å². The molecule has 0 bridgehead atoms. The second-order valence-corrected chi connectivity index (χ2v) is 9.12. The van der Waals surface area contributed by atoms with Gasteiger partial charge in [0, 0.05) is 6.04 Å². The van der Waals surface area contributed by atoms with Crippen molar-refractivity contribution in [3.63, 3.8) is 0 Å². The lowest BCUT2D eigenvalue weighted by molar-refractivity contribution is -0.145. The Hall–Kier alpha value is -0.570. The van der Waals surface area contributed by atoms with E-state index in [1.807, 2.05) is 6.92 Å². The summed E-state index contributed by atoms with van der Waals surface area (Å²) in [5.74, 6) is 2.80. The molecular formula is C23H41NO2. The minimum atomic E-state index is -0.0220. The van der Waals surface area contributed by atoms with Crippen LogP contribution in [0.5, 0.6) is 0 Å². The maximum absolute atomic E-state index is 12.1. The summed E-state index contributed by atoms with van der Waals surface area (Å²) in [5.41, 5.74) is 0. The lowest BCUT2D eigenvalue weighted by atomic mass is 9.67. The van der Waals surface area contributed by atoms with Crippen molar-refractivity contribution in [2.45, 2.75) is 103 Å². The molecule has 0 aromatic rings. The fraction of sp³-hybridized carbons (Fsp3) is 0.957. The molecular weight excluding hydrogens is 322 g/mol. The third-order valence-electron chi connectivity index (χ3n) is 7.44. The lowest BCUT2D eigenvalue weighted by Gasteiger charge is -2.43. The number of hydrogen-bond acceptors (Lipinski definition) is 3. The number of ether oxygens (including phenoxy) is 1. The van der Waals surface area contributed by atoms with Crippen molar-refractivity contribution < 1.29 is 9.53 Å². The highest BCUT2D eigenvalue weighted by molar-refractivity contribution is 5.71. The summed E-state index contributed by atoms with van der Waals surface area (Å²) in [4.78, 5) is 14.6. The molecule has 1 heterocycles. The summed E-state index contributed by atoms with van der Waals surface area (Å²) in [6, 6.07) is 0.613. The van der Waals surface area contributed by atoms with Crippen molar-refractivity contribution in [2.24, 2.45) is 17.8 Å². The molecule has 3 nitrogen and oxygen atoms in total. The first-order valence-electron chi connectivity index (χ1n) is 11.7. The van der Waals surface area contributed by atoms with Crippen LogP contribution in [0.25, 0.3) is 0 Å². The smallest absolute Gasteiger partial charge is 0.320 e. The Labute approximate surface area is 161 Å². The van der Waals surface area contributed by atoms with Gasteiger partial charge in [-0.25, -0.2) is 0 Å². The van der Waals surface area contributed by atoms with Gasteiger partial charge in [-0.1, -0.05) is 70.6 Å². The molecule has 150 valence electrons. The van der Waals surface area contributed by atoms with Crippen LogP contribution >= 0.6 is 0 Å². The Bertz CT molecular complexity index is 394. The van der Waals surface area contributed by atoms with Gasteiger partial charge >= 0.3 is 5.97 Å². The van der Waals surface area contributed by atoms with E-state index >= 15 is 0 Å². The molecule has 1 atom stereocenters. The molecule has 0 aromatic carbocycles. The Morgan fingerprint density at radius 2 is 1.46 bits per heavy atom. The Morgan fingerprint density at radius 1 is 0.885 bits per heavy atom. The SMILES string of the molecule is CCOC(=O)CN1CCCCC1CC(C1CCCCC1)C1CCCCC1. The van der Waals surface area contributed by atoms with Crippen LogP contribution < -0.4 is 0 Å². The van der Waals surface area contributed by atoms with Gasteiger partial charge in [0.1, 0.15) is 0 Å². The maximum Gasteiger partial charge on any atom is 0.320 e. The molecule has 0 amide bonds. The molecule has 1 aliphatic heterocycles. The van der Waals surface area contributed by atoms with Gasteiger partial charge in [0.25, 0.3) is 0 Å². The molecule has 3 fully saturated rings. The van der Waals surface area contributed by atoms with Gasteiger partial charge in [-0.2, -0.15) is 0 Å². The predicted molar refractivity (Wildman–Crippen MR) is 107 cm³/mol. The minimum Gasteiger partial charge on any atom is -0.465 e. The third-order valence-corrected chi connectivity index (χ3v) is 7.44. The number of nitrogens with zero attached hydrogens (tertiary/aromatic N) is 1. The number of hydrogen-bond donors (Lipinski definition) is 0. The topological polar surface area (TPSA) is 29.5 Å². The average Bonchev–Trinajstić information content (AvgIpc) is 2.69. The Balaban J connectivity index is 1.65. The molecule has 2 aliphatic carbocycles. The summed E-state index contributed by atoms with van der Waals surface area (Å²) in [6.45, 7) is 4.02. The van der Waals surface area contributed by atoms with Crippen molar-refractivity contribution in [2.75, 3.05) is 19.7 Å². The molecule has 3 rings (SSSR count). The van der Waals surface area contributed by atoms with E-state index in [1.165, 1.54) is 89.9 Å². The standard InChI is InChI=1S/C23H41NO2/c1-2-26-23(25)18-24-16-10-9-15-21(24)17-22(19-11-5-3-6-12-19)20-13-7-4-8-14-20/h19-22H,2-18H2,1H3. The van der Waals surface area contributed by atoms with Gasteiger partial charge < -0.3 is 4.74 Å². The molecule has 2 saturated carbocycles. The van der Waals surface area contributed by atoms with E-state index in [2.05, 4.69) is 4.90 Å². The molecule has 0 N–H and O–H groups in total. The number of rotatable bonds is 7. The second-order valence-electron chi connectivity index (χ2n) is 9.12. The fourth-order valence-corrected chi connectivity index (χ4v) is 6.12. The zero-order valence-electron chi connectivity index (χ0n) is 17.1. The van der Waals surface area contributed by atoms with E-state index in [4.69, 9.17) is 4.74 Å². The lowest BCUT2D eigenvalue weighted by Crippen LogP contribution is -2.45. The molecule has 3 heteroatoms. The minimum absolute atomic E-state index is 0.0220. The molecule has 0 spiro atoms. The van der Waals surface area contributed by atoms with E-state index < -0.39 is 0 Å². The van der Waals surface area contributed by atoms with Gasteiger partial charge in [-0.15, -0.1) is 0 Å². The number of esters is 1. The van der Waals surface area contributed by atoms with Gasteiger partial charge in [0.15, 0.2) is 0 Å². The van der Waals surface area contributed by atoms with E-state index in [0.29, 0.717) is 19.2 Å². The summed E-state index contributed by atoms with van der Waals surface area (Å²) < 4.78 is 5.25. The first kappa shape index (κ1) is 20.2. The summed E-state index contributed by atoms with van der Waals surface area (Å²) in [6.07, 6.45) is 19.8. The summed E-state index contributed by atoms with van der Waals surface area (Å²) in [5, 5.41) is 0. The zero-order chi connectivity index (χ0) is 18.2. The third kappa shape index (κ3) is 5.71. The zero-order valence-corrected chi connectivity index (χ0v) is 17.1. The summed E-state index contributed by atoms with van der Waals surface area (Å²) in [7, 11) is 0. The monoisotopic (exact) mass is 363 g/mol. The van der Waals surface area contributed by atoms with E-state index in [1.54, 1.807) is 0 Å². The van der Waals surface area contributed by atoms with Gasteiger partial charge in [-0.3, -0.25) is 9.69 Å². The van der Waals surface area contributed by atoms with E-state index in [9.17, 15) is 4.79 Å². The molecule has 1 unspecified atom stereocenters. The van der Waals surface area contributed by atoms with E-state index in [-0.39, 0.29) is 5.97 Å². The van der Waals surface area contributed by atoms with Gasteiger partial charge in [0.2, 0.25) is 0 Å². The van der Waals surface area contributed by atoms with Crippen LogP contribution in [0.3, 0.4) is 0 Å². The van der Waals surface area contributed by atoms with Crippen LogP contribution in [0.2, 0.25) is 0 Å². The molecule has 26 heavy (non-hydrogen) atoms. The highest BCUT2D eigenvalue weighted by Gasteiger charge is 2.35. The Kier molecular flexibility index (Phi) is 8.29. The normalized spacial score (nSPS) is 26.9. The fourth-order valence-electron chi connectivity index (χ4n) is 6.12. The van der Waals surface area contributed by atoms with Crippen LogP contribution in [-0.4, -0.2) is 36.6 Å². The van der Waals surface area contributed by atoms with Crippen molar-refractivity contribution in [3.8, 4) is 0 Å². The highest BCUT2D eigenvalue weighted by atomic mass is 16.5. The van der Waals surface area contributed by atoms with Crippen LogP contribution in [0, 0.1) is 17.8 Å². The number of carbonyl (C=O) groups excluding carboxylic acids is 1. The first-order chi connectivity index (χ1) is 12.8. The predicted octanol–water partition coefficient (Wildman–Crippen LogP) is 5.57. The molecule has 3 aliphatic rings. The van der Waals surface area contributed by atoms with E-state index in [0.717, 1.165) is 24.3 Å². The van der Waals surface area contributed by atoms with Crippen LogP contribution in [0.4, 0.5) is 0 Å². The molecule has 0 aromatic heterocycles. The molecule has 0 radical (unpaired) electrons. The molecule has 1 saturated heterocycles. The average molecular weight is 364 g/mol. The second kappa shape index (κ2) is 10.7. The summed E-state index contributed by atoms with van der Waals surface area (Å²) >= 11 is 0. The van der Waals surface area contributed by atoms with Crippen molar-refractivity contribution in [1.82, 2.24) is 4.90 Å². The van der Waals surface area contributed by atoms with Crippen LogP contribution in [0.1, 0.15) is 96.8 Å². The number of carbonyl (C=O) groups is 1. The largest absolute Gasteiger partial charge is 0.465 e. The number of likely N-dealkylation sites (tertiary alicyclic amines) is 1. The van der Waals surface area contributed by atoms with Crippen molar-refractivity contribution in [1.29, 1.82) is 0 Å². The van der Waals surface area contributed by atoms with Gasteiger partial charge in [0.05, 0.1) is 13.2 Å². The maximum atomic E-state index is 12.1. The number of piperidine rings is 1. The highest BCUT2D eigenvalue weighted by Crippen LogP contribution is 2.43. The van der Waals surface area contributed by atoms with Crippen molar-refractivity contribution in [3.05, 3.63) is 0 Å². The quantitative estimate of drug-likeness (QED) is 0.554. The van der Waals surface area contributed by atoms with Crippen molar-refractivity contribution >= 4 is 5.97 Å². The Morgan fingerprint density at radius 3 is 2.04 bits per heavy atom.